The first-order valence-electron chi connectivity index (χ1n) is 8.39. The van der Waals surface area contributed by atoms with E-state index < -0.39 is 0 Å². The van der Waals surface area contributed by atoms with Crippen LogP contribution in [-0.4, -0.2) is 24.8 Å². The Kier molecular flexibility index (Phi) is 4.57. The second-order valence-electron chi connectivity index (χ2n) is 6.37. The number of fused-ring (bicyclic) bond motifs is 2. The lowest BCUT2D eigenvalue weighted by atomic mass is 9.81. The largest absolute Gasteiger partial charge is 0.326 e. The van der Waals surface area contributed by atoms with Gasteiger partial charge in [0.2, 0.25) is 5.91 Å². The van der Waals surface area contributed by atoms with Crippen LogP contribution in [0.1, 0.15) is 54.1 Å². The Morgan fingerprint density at radius 3 is 2.86 bits per heavy atom. The summed E-state index contributed by atoms with van der Waals surface area (Å²) < 4.78 is 0. The zero-order chi connectivity index (χ0) is 15.5. The van der Waals surface area contributed by atoms with Crippen LogP contribution in [0.4, 0.5) is 5.69 Å². The van der Waals surface area contributed by atoms with Crippen molar-refractivity contribution in [2.24, 2.45) is 5.92 Å². The molecule has 1 heterocycles. The summed E-state index contributed by atoms with van der Waals surface area (Å²) in [7, 11) is 0. The lowest BCUT2D eigenvalue weighted by molar-refractivity contribution is -0.116. The Hall–Kier alpha value is -1.68. The summed E-state index contributed by atoms with van der Waals surface area (Å²) in [5.74, 6) is 0.350. The number of Topliss-reactive ketones (excluding diaryl/α,β-unsaturated/α-hetero) is 1. The molecule has 0 spiro atoms. The summed E-state index contributed by atoms with van der Waals surface area (Å²) in [6.45, 7) is 3.91. The van der Waals surface area contributed by atoms with Crippen LogP contribution in [0.15, 0.2) is 12.1 Å². The highest BCUT2D eigenvalue weighted by Crippen LogP contribution is 2.32. The number of amides is 1. The molecule has 2 aliphatic rings. The first kappa shape index (κ1) is 15.2. The van der Waals surface area contributed by atoms with E-state index in [1.54, 1.807) is 0 Å². The minimum Gasteiger partial charge on any atom is -0.326 e. The number of aryl methyl sites for hydroxylation is 2. The van der Waals surface area contributed by atoms with Crippen LogP contribution in [0.5, 0.6) is 0 Å². The highest BCUT2D eigenvalue weighted by atomic mass is 16.1. The van der Waals surface area contributed by atoms with Gasteiger partial charge in [-0.05, 0) is 49.4 Å². The maximum absolute atomic E-state index is 12.7. The molecule has 22 heavy (non-hydrogen) atoms. The molecule has 0 radical (unpaired) electrons. The summed E-state index contributed by atoms with van der Waals surface area (Å²) in [4.78, 5) is 24.2. The van der Waals surface area contributed by atoms with Gasteiger partial charge in [0.1, 0.15) is 0 Å². The predicted molar refractivity (Wildman–Crippen MR) is 87.3 cm³/mol. The number of nitrogens with one attached hydrogen (secondary N) is 2. The number of anilines is 1. The van der Waals surface area contributed by atoms with Gasteiger partial charge in [-0.2, -0.15) is 0 Å². The van der Waals surface area contributed by atoms with Gasteiger partial charge in [0.05, 0.1) is 0 Å². The number of benzene rings is 1. The molecule has 1 atom stereocenters. The van der Waals surface area contributed by atoms with Gasteiger partial charge in [0.15, 0.2) is 5.78 Å². The van der Waals surface area contributed by atoms with E-state index in [-0.39, 0.29) is 17.6 Å². The average molecular weight is 300 g/mol. The topological polar surface area (TPSA) is 58.2 Å². The monoisotopic (exact) mass is 300 g/mol. The van der Waals surface area contributed by atoms with Gasteiger partial charge < -0.3 is 10.6 Å². The van der Waals surface area contributed by atoms with Crippen LogP contribution in [-0.2, 0) is 17.6 Å². The van der Waals surface area contributed by atoms with E-state index >= 15 is 0 Å². The molecule has 0 fully saturated rings. The molecule has 0 saturated carbocycles. The van der Waals surface area contributed by atoms with E-state index in [0.717, 1.165) is 55.6 Å². The molecule has 0 bridgehead atoms. The lowest BCUT2D eigenvalue weighted by Crippen LogP contribution is -2.33. The third kappa shape index (κ3) is 3.07. The zero-order valence-corrected chi connectivity index (χ0v) is 13.2. The van der Waals surface area contributed by atoms with Crippen LogP contribution in [0, 0.1) is 5.92 Å². The molecule has 3 rings (SSSR count). The Bertz CT molecular complexity index is 595. The third-order valence-corrected chi connectivity index (χ3v) is 4.72. The number of hydrogen-bond acceptors (Lipinski definition) is 3. The van der Waals surface area contributed by atoms with Gasteiger partial charge in [0, 0.05) is 30.1 Å². The smallest absolute Gasteiger partial charge is 0.224 e. The van der Waals surface area contributed by atoms with Crippen molar-refractivity contribution in [1.29, 1.82) is 0 Å². The molecule has 0 saturated heterocycles. The van der Waals surface area contributed by atoms with Crippen molar-refractivity contribution in [3.63, 3.8) is 0 Å². The molecule has 1 aliphatic carbocycles. The number of unbranched alkanes of at least 4 members (excludes halogenated alkanes) is 1. The highest BCUT2D eigenvalue weighted by Gasteiger charge is 2.29. The fourth-order valence-electron chi connectivity index (χ4n) is 3.37. The number of hydrogen-bond donors (Lipinski definition) is 2. The van der Waals surface area contributed by atoms with Crippen molar-refractivity contribution < 1.29 is 9.59 Å². The van der Waals surface area contributed by atoms with E-state index in [1.807, 2.05) is 6.07 Å². The second kappa shape index (κ2) is 6.61. The predicted octanol–water partition coefficient (Wildman–Crippen LogP) is 2.71. The van der Waals surface area contributed by atoms with Gasteiger partial charge in [-0.1, -0.05) is 19.4 Å². The van der Waals surface area contributed by atoms with Crippen molar-refractivity contribution in [2.75, 3.05) is 18.4 Å². The molecule has 4 nitrogen and oxygen atoms in total. The third-order valence-electron chi connectivity index (χ3n) is 4.72. The molecule has 1 aromatic rings. The van der Waals surface area contributed by atoms with Crippen LogP contribution < -0.4 is 10.6 Å². The fraction of sp³-hybridized carbons (Fsp3) is 0.556. The molecule has 118 valence electrons. The van der Waals surface area contributed by atoms with Gasteiger partial charge in [-0.3, -0.25) is 9.59 Å². The van der Waals surface area contributed by atoms with Crippen LogP contribution in [0.3, 0.4) is 0 Å². The molecule has 2 N–H and O–H groups in total. The quantitative estimate of drug-likeness (QED) is 0.822. The Morgan fingerprint density at radius 1 is 1.18 bits per heavy atom. The van der Waals surface area contributed by atoms with E-state index in [2.05, 4.69) is 23.6 Å². The van der Waals surface area contributed by atoms with Gasteiger partial charge in [-0.15, -0.1) is 0 Å². The summed E-state index contributed by atoms with van der Waals surface area (Å²) in [5.41, 5.74) is 3.98. The maximum Gasteiger partial charge on any atom is 0.224 e. The van der Waals surface area contributed by atoms with Crippen molar-refractivity contribution in [3.05, 3.63) is 28.8 Å². The van der Waals surface area contributed by atoms with E-state index in [9.17, 15) is 9.59 Å². The van der Waals surface area contributed by atoms with Crippen molar-refractivity contribution in [3.8, 4) is 0 Å². The first-order chi connectivity index (χ1) is 10.7. The summed E-state index contributed by atoms with van der Waals surface area (Å²) in [6.07, 6.45) is 5.53. The zero-order valence-electron chi connectivity index (χ0n) is 13.2. The number of ketones is 1. The standard InChI is InChI=1S/C18H24N2O2/c1-2-3-8-19-11-14-5-4-12-9-13-6-7-17(21)20-16(13)10-15(12)18(14)22/h9-10,14,19H,2-8,11H2,1H3,(H,20,21). The minimum atomic E-state index is 0.0495. The molecule has 1 amide bonds. The fourth-order valence-corrected chi connectivity index (χ4v) is 3.37. The SMILES string of the molecule is CCCCNCC1CCc2cc3c(cc2C1=O)NC(=O)CC3. The average Bonchev–Trinajstić information content (AvgIpc) is 2.52. The second-order valence-corrected chi connectivity index (χ2v) is 6.37. The van der Waals surface area contributed by atoms with Gasteiger partial charge >= 0.3 is 0 Å². The molecule has 1 aliphatic heterocycles. The van der Waals surface area contributed by atoms with E-state index in [4.69, 9.17) is 0 Å². The molecule has 1 aromatic carbocycles. The van der Waals surface area contributed by atoms with E-state index in [0.29, 0.717) is 6.42 Å². The number of carbonyl (C=O) groups is 2. The molecule has 0 aromatic heterocycles. The summed E-state index contributed by atoms with van der Waals surface area (Å²) in [6, 6.07) is 4.03. The summed E-state index contributed by atoms with van der Waals surface area (Å²) in [5, 5.41) is 6.29. The maximum atomic E-state index is 12.7. The van der Waals surface area contributed by atoms with Crippen LogP contribution in [0.2, 0.25) is 0 Å². The van der Waals surface area contributed by atoms with Gasteiger partial charge in [0.25, 0.3) is 0 Å². The van der Waals surface area contributed by atoms with Crippen molar-refractivity contribution >= 4 is 17.4 Å². The molecule has 1 unspecified atom stereocenters. The molecule has 4 heteroatoms. The van der Waals surface area contributed by atoms with Crippen molar-refractivity contribution in [1.82, 2.24) is 5.32 Å². The Morgan fingerprint density at radius 2 is 2.05 bits per heavy atom. The van der Waals surface area contributed by atoms with Gasteiger partial charge in [-0.25, -0.2) is 0 Å². The molecular formula is C18H24N2O2. The van der Waals surface area contributed by atoms with Crippen molar-refractivity contribution in [2.45, 2.75) is 45.4 Å². The van der Waals surface area contributed by atoms with E-state index in [1.165, 1.54) is 12.0 Å². The number of rotatable bonds is 5. The Balaban J connectivity index is 1.74. The number of carbonyl (C=O) groups excluding carboxylic acids is 2. The minimum absolute atomic E-state index is 0.0495. The Labute approximate surface area is 131 Å². The summed E-state index contributed by atoms with van der Waals surface area (Å²) >= 11 is 0. The van der Waals surface area contributed by atoms with Crippen LogP contribution >= 0.6 is 0 Å². The highest BCUT2D eigenvalue weighted by molar-refractivity contribution is 6.03. The first-order valence-corrected chi connectivity index (χ1v) is 8.39. The molecular weight excluding hydrogens is 276 g/mol. The van der Waals surface area contributed by atoms with Crippen LogP contribution in [0.25, 0.3) is 0 Å². The normalized spacial score (nSPS) is 20.3. The lowest BCUT2D eigenvalue weighted by Gasteiger charge is -2.26.